The summed E-state index contributed by atoms with van der Waals surface area (Å²) in [5.41, 5.74) is -0.857. The monoisotopic (exact) mass is 500 g/mol. The van der Waals surface area contributed by atoms with Gasteiger partial charge in [-0.2, -0.15) is 0 Å². The van der Waals surface area contributed by atoms with Gasteiger partial charge in [0.05, 0.1) is 0 Å². The first-order valence-electron chi connectivity index (χ1n) is 11.7. The van der Waals surface area contributed by atoms with E-state index in [1.807, 2.05) is 0 Å². The lowest BCUT2D eigenvalue weighted by molar-refractivity contribution is 0.314. The molecule has 0 spiro atoms. The van der Waals surface area contributed by atoms with Crippen molar-refractivity contribution in [3.63, 3.8) is 0 Å². The number of hydrogen-bond donors (Lipinski definition) is 6. The van der Waals surface area contributed by atoms with Crippen LogP contribution >= 0.6 is 15.2 Å². The van der Waals surface area contributed by atoms with E-state index < -0.39 is 26.1 Å². The van der Waals surface area contributed by atoms with Crippen molar-refractivity contribution in [2.24, 2.45) is 10.3 Å². The third-order valence-electron chi connectivity index (χ3n) is 5.45. The first-order chi connectivity index (χ1) is 15.1. The molecular weight excluding hydrogens is 458 g/mol. The number of unbranched alkanes of at least 4 members (excludes halogenated alkanes) is 15. The molecule has 0 aliphatic rings. The van der Waals surface area contributed by atoms with Crippen molar-refractivity contribution in [3.8, 4) is 0 Å². The maximum absolute atomic E-state index is 11.0. The molecular formula is C20H42N2O8P2. The molecule has 0 unspecified atom stereocenters. The highest BCUT2D eigenvalue weighted by molar-refractivity contribution is 7.70. The number of hydrogen-bond acceptors (Lipinski definition) is 6. The average molecular weight is 501 g/mol. The van der Waals surface area contributed by atoms with Crippen LogP contribution < -0.4 is 0 Å². The van der Waals surface area contributed by atoms with Gasteiger partial charge in [-0.15, -0.1) is 0 Å². The van der Waals surface area contributed by atoms with Gasteiger partial charge in [-0.05, 0) is 12.8 Å². The molecule has 0 aromatic rings. The minimum absolute atomic E-state index is 0.136. The van der Waals surface area contributed by atoms with Crippen LogP contribution in [0.15, 0.2) is 10.3 Å². The van der Waals surface area contributed by atoms with Gasteiger partial charge in [-0.1, -0.05) is 100 Å². The lowest BCUT2D eigenvalue weighted by atomic mass is 10.0. The fraction of sp³-hybridized carbons (Fsp3) is 0.900. The van der Waals surface area contributed by atoms with E-state index in [2.05, 4.69) is 10.3 Å². The molecule has 0 fully saturated rings. The fourth-order valence-electron chi connectivity index (χ4n) is 3.55. The van der Waals surface area contributed by atoms with Crippen molar-refractivity contribution in [2.45, 2.75) is 116 Å². The lowest BCUT2D eigenvalue weighted by Crippen LogP contribution is -1.99. The molecule has 10 nitrogen and oxygen atoms in total. The number of rotatable bonds is 21. The second-order valence-corrected chi connectivity index (χ2v) is 11.5. The first kappa shape index (κ1) is 31.2. The van der Waals surface area contributed by atoms with Crippen molar-refractivity contribution in [3.05, 3.63) is 0 Å². The van der Waals surface area contributed by atoms with E-state index in [1.165, 1.54) is 51.4 Å². The Morgan fingerprint density at radius 3 is 0.781 bits per heavy atom. The van der Waals surface area contributed by atoms with Crippen LogP contribution in [-0.2, 0) is 9.13 Å². The minimum Gasteiger partial charge on any atom is -0.410 e. The Bertz CT molecular complexity index is 577. The van der Waals surface area contributed by atoms with Crippen LogP contribution in [0.3, 0.4) is 0 Å². The van der Waals surface area contributed by atoms with Gasteiger partial charge in [0.25, 0.3) is 0 Å². The highest BCUT2D eigenvalue weighted by Gasteiger charge is 2.23. The summed E-state index contributed by atoms with van der Waals surface area (Å²) in [6, 6.07) is 0. The van der Waals surface area contributed by atoms with E-state index in [-0.39, 0.29) is 12.8 Å². The largest absolute Gasteiger partial charge is 0.410 e. The van der Waals surface area contributed by atoms with Gasteiger partial charge in [0.2, 0.25) is 0 Å². The van der Waals surface area contributed by atoms with E-state index in [1.54, 1.807) is 0 Å². The highest BCUT2D eigenvalue weighted by atomic mass is 31.2. The summed E-state index contributed by atoms with van der Waals surface area (Å²) >= 11 is 0. The molecule has 0 radical (unpaired) electrons. The lowest BCUT2D eigenvalue weighted by Gasteiger charge is -2.06. The second kappa shape index (κ2) is 18.6. The Morgan fingerprint density at radius 2 is 0.625 bits per heavy atom. The van der Waals surface area contributed by atoms with Gasteiger partial charge in [-0.3, -0.25) is 9.13 Å². The standard InChI is InChI=1S/C20H42N2O8P2/c23-21-19(31(25,26)27)17-15-13-11-9-7-5-3-1-2-4-6-8-10-12-14-16-18-20(22-24)32(28,29)30/h23-24H,1-18H2,(H2,25,26,27)(H2,28,29,30)/b21-19-,22-20-. The van der Waals surface area contributed by atoms with Crippen molar-refractivity contribution >= 4 is 26.1 Å². The topological polar surface area (TPSA) is 180 Å². The molecule has 12 heteroatoms. The third kappa shape index (κ3) is 17.8. The van der Waals surface area contributed by atoms with E-state index in [9.17, 15) is 9.13 Å². The molecule has 0 rings (SSSR count). The molecule has 0 saturated carbocycles. The summed E-state index contributed by atoms with van der Waals surface area (Å²) in [5, 5.41) is 22.6. The Labute approximate surface area is 191 Å². The Morgan fingerprint density at radius 1 is 0.438 bits per heavy atom. The normalized spacial score (nSPS) is 13.6. The molecule has 0 aromatic carbocycles. The van der Waals surface area contributed by atoms with Gasteiger partial charge >= 0.3 is 15.2 Å². The quantitative estimate of drug-likeness (QED) is 0.0368. The van der Waals surface area contributed by atoms with Gasteiger partial charge in [0.15, 0.2) is 10.9 Å². The number of oxime groups is 2. The van der Waals surface area contributed by atoms with Crippen LogP contribution in [0, 0.1) is 0 Å². The maximum Gasteiger partial charge on any atom is 0.373 e. The molecule has 0 saturated heterocycles. The minimum atomic E-state index is -4.41. The summed E-state index contributed by atoms with van der Waals surface area (Å²) in [5.74, 6) is 0. The zero-order valence-corrected chi connectivity index (χ0v) is 20.8. The fourth-order valence-corrected chi connectivity index (χ4v) is 4.68. The molecule has 0 aliphatic heterocycles. The molecule has 0 aliphatic carbocycles. The Kier molecular flexibility index (Phi) is 18.2. The third-order valence-corrected chi connectivity index (χ3v) is 7.43. The number of nitrogens with zero attached hydrogens (tertiary/aromatic N) is 2. The Balaban J connectivity index is 3.35. The maximum atomic E-state index is 11.0. The zero-order chi connectivity index (χ0) is 24.3. The SMILES string of the molecule is O=P(O)(O)/C(CCCCCCCCCCCCCCCCCC/C(=N/O)P(=O)(O)O)=N\O. The van der Waals surface area contributed by atoms with Crippen molar-refractivity contribution in [1.82, 2.24) is 0 Å². The summed E-state index contributed by atoms with van der Waals surface area (Å²) < 4.78 is 22.0. The smallest absolute Gasteiger partial charge is 0.373 e. The Hall–Kier alpha value is -0.760. The summed E-state index contributed by atoms with van der Waals surface area (Å²) in [6.45, 7) is 0. The highest BCUT2D eigenvalue weighted by Crippen LogP contribution is 2.39. The van der Waals surface area contributed by atoms with E-state index in [0.717, 1.165) is 38.5 Å². The van der Waals surface area contributed by atoms with Crippen molar-refractivity contribution in [2.75, 3.05) is 0 Å². The summed E-state index contributed by atoms with van der Waals surface area (Å²) in [6.07, 6.45) is 17.2. The van der Waals surface area contributed by atoms with Crippen LogP contribution in [0.2, 0.25) is 0 Å². The molecule has 190 valence electrons. The molecule has 6 N–H and O–H groups in total. The summed E-state index contributed by atoms with van der Waals surface area (Å²) in [4.78, 5) is 35.8. The van der Waals surface area contributed by atoms with Gasteiger partial charge < -0.3 is 30.0 Å². The average Bonchev–Trinajstić information content (AvgIpc) is 2.70. The first-order valence-corrected chi connectivity index (χ1v) is 14.9. The molecule has 0 aromatic heterocycles. The van der Waals surface area contributed by atoms with E-state index in [4.69, 9.17) is 30.0 Å². The molecule has 0 amide bonds. The summed E-state index contributed by atoms with van der Waals surface area (Å²) in [7, 11) is -8.82. The van der Waals surface area contributed by atoms with Crippen LogP contribution in [0.25, 0.3) is 0 Å². The van der Waals surface area contributed by atoms with Crippen LogP contribution in [0.5, 0.6) is 0 Å². The predicted molar refractivity (Wildman–Crippen MR) is 126 cm³/mol. The molecule has 0 bridgehead atoms. The van der Waals surface area contributed by atoms with E-state index in [0.29, 0.717) is 12.8 Å². The van der Waals surface area contributed by atoms with Crippen LogP contribution in [0.1, 0.15) is 116 Å². The van der Waals surface area contributed by atoms with Gasteiger partial charge in [0, 0.05) is 12.8 Å². The van der Waals surface area contributed by atoms with Crippen molar-refractivity contribution < 1.29 is 39.1 Å². The van der Waals surface area contributed by atoms with Crippen LogP contribution in [-0.4, -0.2) is 40.9 Å². The molecule has 0 heterocycles. The van der Waals surface area contributed by atoms with E-state index >= 15 is 0 Å². The predicted octanol–water partition coefficient (Wildman–Crippen LogP) is 5.94. The van der Waals surface area contributed by atoms with Gasteiger partial charge in [0.1, 0.15) is 0 Å². The second-order valence-electron chi connectivity index (χ2n) is 8.28. The van der Waals surface area contributed by atoms with Crippen molar-refractivity contribution in [1.29, 1.82) is 0 Å². The molecule has 32 heavy (non-hydrogen) atoms. The van der Waals surface area contributed by atoms with Gasteiger partial charge in [-0.25, -0.2) is 0 Å². The zero-order valence-electron chi connectivity index (χ0n) is 19.0. The molecule has 0 atom stereocenters. The van der Waals surface area contributed by atoms with Crippen LogP contribution in [0.4, 0.5) is 0 Å².